The van der Waals surface area contributed by atoms with Gasteiger partial charge < -0.3 is 15.0 Å². The summed E-state index contributed by atoms with van der Waals surface area (Å²) in [7, 11) is 1.43. The van der Waals surface area contributed by atoms with Gasteiger partial charge in [0.25, 0.3) is 0 Å². The van der Waals surface area contributed by atoms with E-state index in [1.165, 1.54) is 36.9 Å². The van der Waals surface area contributed by atoms with Crippen LogP contribution in [-0.2, 0) is 9.53 Å². The van der Waals surface area contributed by atoms with Gasteiger partial charge in [0.15, 0.2) is 0 Å². The molecule has 0 bridgehead atoms. The van der Waals surface area contributed by atoms with Crippen molar-refractivity contribution in [3.63, 3.8) is 0 Å². The first-order chi connectivity index (χ1) is 15.5. The van der Waals surface area contributed by atoms with Crippen LogP contribution in [0, 0.1) is 11.8 Å². The minimum Gasteiger partial charge on any atom is -0.465 e. The van der Waals surface area contributed by atoms with Gasteiger partial charge in [-0.05, 0) is 82.0 Å². The van der Waals surface area contributed by atoms with Crippen LogP contribution in [0.4, 0.5) is 5.69 Å². The van der Waals surface area contributed by atoms with Crippen LogP contribution in [0.5, 0.6) is 0 Å². The summed E-state index contributed by atoms with van der Waals surface area (Å²) in [5.74, 6) is 0.387. The van der Waals surface area contributed by atoms with Crippen LogP contribution in [0.1, 0.15) is 93.1 Å². The van der Waals surface area contributed by atoms with E-state index in [1.54, 1.807) is 0 Å². The van der Waals surface area contributed by atoms with Crippen molar-refractivity contribution in [1.29, 1.82) is 0 Å². The van der Waals surface area contributed by atoms with E-state index < -0.39 is 0 Å². The molecule has 1 N–H and O–H groups in total. The lowest BCUT2D eigenvalue weighted by molar-refractivity contribution is -0.123. The molecule has 1 atom stereocenters. The quantitative estimate of drug-likeness (QED) is 0.457. The summed E-state index contributed by atoms with van der Waals surface area (Å²) in [6.07, 6.45) is 11.4. The van der Waals surface area contributed by atoms with E-state index in [0.29, 0.717) is 10.8 Å². The van der Waals surface area contributed by atoms with Crippen molar-refractivity contribution in [3.8, 4) is 0 Å². The Labute approximate surface area is 197 Å². The zero-order valence-electron chi connectivity index (χ0n) is 20.2. The Balaban J connectivity index is 2.02. The van der Waals surface area contributed by atoms with E-state index in [2.05, 4.69) is 38.2 Å². The molecule has 1 amide bonds. The summed E-state index contributed by atoms with van der Waals surface area (Å²) in [5, 5.41) is 3.41. The third-order valence-corrected chi connectivity index (χ3v) is 7.98. The molecule has 1 aliphatic carbocycles. The SMILES string of the molecule is CCC(CCC(C)C)C(=O)N(c1cc(C2=CCCCC2)sc1C(=O)OC)C1CCNCC1. The predicted octanol–water partition coefficient (Wildman–Crippen LogP) is 6.04. The molecule has 1 aromatic rings. The number of nitrogens with zero attached hydrogens (tertiary/aromatic N) is 1. The molecule has 5 nitrogen and oxygen atoms in total. The summed E-state index contributed by atoms with van der Waals surface area (Å²) in [6.45, 7) is 8.32. The van der Waals surface area contributed by atoms with Crippen LogP contribution in [0.25, 0.3) is 5.57 Å². The number of carbonyl (C=O) groups is 2. The van der Waals surface area contributed by atoms with Gasteiger partial charge in [0.05, 0.1) is 12.8 Å². The third kappa shape index (κ3) is 6.02. The zero-order chi connectivity index (χ0) is 23.1. The summed E-state index contributed by atoms with van der Waals surface area (Å²) in [5.41, 5.74) is 2.07. The number of carbonyl (C=O) groups excluding carboxylic acids is 2. The first-order valence-corrected chi connectivity index (χ1v) is 13.2. The highest BCUT2D eigenvalue weighted by Gasteiger charge is 2.35. The van der Waals surface area contributed by atoms with Crippen molar-refractivity contribution >= 4 is 34.5 Å². The predicted molar refractivity (Wildman–Crippen MR) is 133 cm³/mol. The number of amides is 1. The number of hydrogen-bond donors (Lipinski definition) is 1. The molecule has 0 aromatic carbocycles. The van der Waals surface area contributed by atoms with Gasteiger partial charge in [0.1, 0.15) is 4.88 Å². The van der Waals surface area contributed by atoms with E-state index in [9.17, 15) is 9.59 Å². The summed E-state index contributed by atoms with van der Waals surface area (Å²) in [4.78, 5) is 30.5. The van der Waals surface area contributed by atoms with Gasteiger partial charge in [-0.25, -0.2) is 4.79 Å². The minimum absolute atomic E-state index is 0.0185. The smallest absolute Gasteiger partial charge is 0.350 e. The molecule has 1 unspecified atom stereocenters. The van der Waals surface area contributed by atoms with Crippen molar-refractivity contribution in [1.82, 2.24) is 5.32 Å². The van der Waals surface area contributed by atoms with Crippen LogP contribution in [0.3, 0.4) is 0 Å². The molecule has 1 fully saturated rings. The molecule has 178 valence electrons. The number of hydrogen-bond acceptors (Lipinski definition) is 5. The van der Waals surface area contributed by atoms with Gasteiger partial charge >= 0.3 is 5.97 Å². The lowest BCUT2D eigenvalue weighted by Crippen LogP contribution is -2.49. The number of piperidine rings is 1. The number of nitrogens with one attached hydrogen (secondary N) is 1. The molecular weight excluding hydrogens is 420 g/mol. The van der Waals surface area contributed by atoms with Gasteiger partial charge in [-0.3, -0.25) is 4.79 Å². The van der Waals surface area contributed by atoms with Crippen LogP contribution in [-0.4, -0.2) is 38.1 Å². The van der Waals surface area contributed by atoms with E-state index in [4.69, 9.17) is 4.74 Å². The number of allylic oxidation sites excluding steroid dienone is 2. The van der Waals surface area contributed by atoms with Crippen LogP contribution >= 0.6 is 11.3 Å². The highest BCUT2D eigenvalue weighted by atomic mass is 32.1. The lowest BCUT2D eigenvalue weighted by atomic mass is 9.92. The normalized spacial score (nSPS) is 18.3. The summed E-state index contributed by atoms with van der Waals surface area (Å²) < 4.78 is 5.16. The monoisotopic (exact) mass is 460 g/mol. The molecule has 0 spiro atoms. The van der Waals surface area contributed by atoms with E-state index in [-0.39, 0.29) is 23.8 Å². The standard InChI is InChI=1S/C26H40N2O3S/c1-5-19(12-11-18(2)3)25(29)28(21-13-15-27-16-14-21)22-17-23(20-9-7-6-8-10-20)32-24(22)26(30)31-4/h9,17-19,21,27H,5-8,10-16H2,1-4H3. The van der Waals surface area contributed by atoms with Crippen molar-refractivity contribution in [3.05, 3.63) is 21.9 Å². The topological polar surface area (TPSA) is 58.6 Å². The fourth-order valence-electron chi connectivity index (χ4n) is 4.81. The van der Waals surface area contributed by atoms with Crippen LogP contribution in [0.15, 0.2) is 12.1 Å². The Morgan fingerprint density at radius 2 is 1.97 bits per heavy atom. The molecule has 0 saturated carbocycles. The number of anilines is 1. The van der Waals surface area contributed by atoms with Crippen LogP contribution in [0.2, 0.25) is 0 Å². The molecular formula is C26H40N2O3S. The average Bonchev–Trinajstić information content (AvgIpc) is 3.25. The zero-order valence-corrected chi connectivity index (χ0v) is 21.1. The molecule has 1 aromatic heterocycles. The highest BCUT2D eigenvalue weighted by molar-refractivity contribution is 7.15. The molecule has 3 rings (SSSR count). The Hall–Kier alpha value is -1.66. The molecule has 1 saturated heterocycles. The second kappa shape index (κ2) is 12.0. The number of thiophene rings is 1. The first kappa shape index (κ1) is 25.0. The van der Waals surface area contributed by atoms with Crippen molar-refractivity contribution in [2.24, 2.45) is 11.8 Å². The minimum atomic E-state index is -0.338. The van der Waals surface area contributed by atoms with Crippen molar-refractivity contribution < 1.29 is 14.3 Å². The Morgan fingerprint density at radius 1 is 1.22 bits per heavy atom. The molecule has 2 heterocycles. The number of rotatable bonds is 9. The second-order valence-electron chi connectivity index (χ2n) is 9.56. The maximum Gasteiger partial charge on any atom is 0.350 e. The summed E-state index contributed by atoms with van der Waals surface area (Å²) in [6, 6.07) is 2.21. The van der Waals surface area contributed by atoms with Gasteiger partial charge in [-0.15, -0.1) is 11.3 Å². The van der Waals surface area contributed by atoms with Gasteiger partial charge in [-0.2, -0.15) is 0 Å². The van der Waals surface area contributed by atoms with E-state index >= 15 is 0 Å². The first-order valence-electron chi connectivity index (χ1n) is 12.4. The maximum atomic E-state index is 14.0. The average molecular weight is 461 g/mol. The highest BCUT2D eigenvalue weighted by Crippen LogP contribution is 2.40. The van der Waals surface area contributed by atoms with Crippen molar-refractivity contribution in [2.45, 2.75) is 84.6 Å². The molecule has 6 heteroatoms. The Bertz CT molecular complexity index is 808. The second-order valence-corrected chi connectivity index (χ2v) is 10.6. The largest absolute Gasteiger partial charge is 0.465 e. The third-order valence-electron chi connectivity index (χ3n) is 6.80. The molecule has 32 heavy (non-hydrogen) atoms. The summed E-state index contributed by atoms with van der Waals surface area (Å²) >= 11 is 1.49. The fourth-order valence-corrected chi connectivity index (χ4v) is 5.95. The fraction of sp³-hybridized carbons (Fsp3) is 0.692. The van der Waals surface area contributed by atoms with Crippen LogP contribution < -0.4 is 10.2 Å². The molecule has 1 aliphatic heterocycles. The maximum absolute atomic E-state index is 14.0. The van der Waals surface area contributed by atoms with Crippen molar-refractivity contribution in [2.75, 3.05) is 25.1 Å². The molecule has 0 radical (unpaired) electrons. The Kier molecular flexibility index (Phi) is 9.35. The van der Waals surface area contributed by atoms with E-state index in [1.807, 2.05) is 4.90 Å². The van der Waals surface area contributed by atoms with Gasteiger partial charge in [0, 0.05) is 16.8 Å². The number of methoxy groups -OCH3 is 1. The molecule has 2 aliphatic rings. The van der Waals surface area contributed by atoms with E-state index in [0.717, 1.165) is 68.6 Å². The Morgan fingerprint density at radius 3 is 2.56 bits per heavy atom. The number of ether oxygens (including phenoxy) is 1. The lowest BCUT2D eigenvalue weighted by Gasteiger charge is -2.37. The van der Waals surface area contributed by atoms with Gasteiger partial charge in [-0.1, -0.05) is 33.3 Å². The van der Waals surface area contributed by atoms with Gasteiger partial charge in [0.2, 0.25) is 5.91 Å². The number of esters is 1.